The van der Waals surface area contributed by atoms with Gasteiger partial charge < -0.3 is 5.11 Å². The number of halogens is 1. The van der Waals surface area contributed by atoms with E-state index in [0.717, 1.165) is 6.07 Å². The number of sulfonamides is 1. The Morgan fingerprint density at radius 1 is 1.19 bits per heavy atom. The van der Waals surface area contributed by atoms with Crippen molar-refractivity contribution in [3.8, 4) is 17.2 Å². The van der Waals surface area contributed by atoms with E-state index in [0.29, 0.717) is 36.8 Å². The molecule has 0 bridgehead atoms. The highest BCUT2D eigenvalue weighted by atomic mass is 32.2. The molecule has 3 rings (SSSR count). The van der Waals surface area contributed by atoms with E-state index in [2.05, 4.69) is 4.72 Å². The second-order valence-corrected chi connectivity index (χ2v) is 8.93. The van der Waals surface area contributed by atoms with Gasteiger partial charge in [-0.25, -0.2) is 17.5 Å². The van der Waals surface area contributed by atoms with Gasteiger partial charge in [-0.3, -0.25) is 0 Å². The Labute approximate surface area is 158 Å². The third-order valence-electron chi connectivity index (χ3n) is 4.96. The molecule has 2 N–H and O–H groups in total. The quantitative estimate of drug-likeness (QED) is 0.841. The molecule has 2 aromatic carbocycles. The number of hydrogen-bond acceptors (Lipinski definition) is 4. The van der Waals surface area contributed by atoms with Crippen molar-refractivity contribution in [1.29, 1.82) is 5.26 Å². The minimum Gasteiger partial charge on any atom is -0.390 e. The van der Waals surface area contributed by atoms with Crippen LogP contribution >= 0.6 is 0 Å². The lowest BCUT2D eigenvalue weighted by molar-refractivity contribution is 0.0163. The van der Waals surface area contributed by atoms with Crippen LogP contribution in [0, 0.1) is 17.1 Å². The monoisotopic (exact) mass is 388 g/mol. The molecule has 5 nitrogen and oxygen atoms in total. The van der Waals surface area contributed by atoms with Crippen LogP contribution in [0.5, 0.6) is 0 Å². The van der Waals surface area contributed by atoms with Crippen molar-refractivity contribution in [2.75, 3.05) is 0 Å². The molecule has 0 spiro atoms. The predicted molar refractivity (Wildman–Crippen MR) is 99.8 cm³/mol. The Balaban J connectivity index is 1.78. The maximum absolute atomic E-state index is 13.3. The summed E-state index contributed by atoms with van der Waals surface area (Å²) < 4.78 is 41.2. The summed E-state index contributed by atoms with van der Waals surface area (Å²) in [7, 11) is -3.68. The molecule has 0 unspecified atom stereocenters. The van der Waals surface area contributed by atoms with Crippen LogP contribution < -0.4 is 4.72 Å². The third kappa shape index (κ3) is 4.53. The van der Waals surface area contributed by atoms with Crippen molar-refractivity contribution in [3.05, 3.63) is 53.8 Å². The summed E-state index contributed by atoms with van der Waals surface area (Å²) in [5.74, 6) is -0.495. The summed E-state index contributed by atoms with van der Waals surface area (Å²) in [6.45, 7) is 1.77. The van der Waals surface area contributed by atoms with E-state index in [-0.39, 0.29) is 16.5 Å². The number of benzene rings is 2. The van der Waals surface area contributed by atoms with E-state index in [4.69, 9.17) is 5.26 Å². The molecule has 0 aliphatic heterocycles. The van der Waals surface area contributed by atoms with E-state index >= 15 is 0 Å². The molecule has 7 heteroatoms. The molecule has 1 aliphatic rings. The van der Waals surface area contributed by atoms with Crippen LogP contribution in [0.25, 0.3) is 11.1 Å². The van der Waals surface area contributed by atoms with Crippen molar-refractivity contribution < 1.29 is 17.9 Å². The number of hydrogen-bond donors (Lipinski definition) is 2. The Morgan fingerprint density at radius 2 is 1.81 bits per heavy atom. The first-order valence-corrected chi connectivity index (χ1v) is 10.2. The predicted octanol–water partition coefficient (Wildman–Crippen LogP) is 3.34. The highest BCUT2D eigenvalue weighted by Crippen LogP contribution is 2.29. The second kappa shape index (κ2) is 7.39. The normalized spacial score (nSPS) is 23.0. The van der Waals surface area contributed by atoms with Gasteiger partial charge in [-0.2, -0.15) is 5.26 Å². The molecular formula is C20H21FN2O3S. The van der Waals surface area contributed by atoms with Crippen LogP contribution in [0.3, 0.4) is 0 Å². The Hall–Kier alpha value is -2.27. The minimum absolute atomic E-state index is 0.129. The van der Waals surface area contributed by atoms with E-state index in [1.807, 2.05) is 6.07 Å². The van der Waals surface area contributed by atoms with Gasteiger partial charge in [0, 0.05) is 6.04 Å². The SMILES string of the molecule is CC1(O)CCC(NS(=O)(=O)c2ccc(-c3ccc(F)cc3C#N)cc2)CC1. The summed E-state index contributed by atoms with van der Waals surface area (Å²) in [4.78, 5) is 0.129. The van der Waals surface area contributed by atoms with Crippen LogP contribution in [0.2, 0.25) is 0 Å². The summed E-state index contributed by atoms with van der Waals surface area (Å²) in [6, 6.07) is 11.8. The summed E-state index contributed by atoms with van der Waals surface area (Å²) >= 11 is 0. The summed E-state index contributed by atoms with van der Waals surface area (Å²) in [5.41, 5.74) is 0.652. The van der Waals surface area contributed by atoms with Crippen molar-refractivity contribution in [2.45, 2.75) is 49.1 Å². The zero-order chi connectivity index (χ0) is 19.7. The Kier molecular flexibility index (Phi) is 5.33. The molecule has 142 valence electrons. The lowest BCUT2D eigenvalue weighted by Gasteiger charge is -2.33. The minimum atomic E-state index is -3.68. The van der Waals surface area contributed by atoms with Crippen LogP contribution in [0.4, 0.5) is 4.39 Å². The van der Waals surface area contributed by atoms with Crippen molar-refractivity contribution in [1.82, 2.24) is 4.72 Å². The topological polar surface area (TPSA) is 90.2 Å². The first-order valence-electron chi connectivity index (χ1n) is 8.75. The van der Waals surface area contributed by atoms with Crippen molar-refractivity contribution in [2.24, 2.45) is 0 Å². The van der Waals surface area contributed by atoms with Crippen molar-refractivity contribution >= 4 is 10.0 Å². The number of nitriles is 1. The zero-order valence-electron chi connectivity index (χ0n) is 14.9. The van der Waals surface area contributed by atoms with E-state index in [1.54, 1.807) is 19.1 Å². The molecular weight excluding hydrogens is 367 g/mol. The van der Waals surface area contributed by atoms with Crippen LogP contribution in [0.1, 0.15) is 38.2 Å². The van der Waals surface area contributed by atoms with Gasteiger partial charge in [0.05, 0.1) is 22.1 Å². The Bertz CT molecular complexity index is 969. The van der Waals surface area contributed by atoms with Gasteiger partial charge in [0.2, 0.25) is 10.0 Å². The molecule has 0 heterocycles. The Morgan fingerprint density at radius 3 is 2.41 bits per heavy atom. The fourth-order valence-electron chi connectivity index (χ4n) is 3.32. The number of rotatable bonds is 4. The molecule has 27 heavy (non-hydrogen) atoms. The smallest absolute Gasteiger partial charge is 0.240 e. The van der Waals surface area contributed by atoms with Crippen LogP contribution in [0.15, 0.2) is 47.4 Å². The molecule has 1 aliphatic carbocycles. The largest absolute Gasteiger partial charge is 0.390 e. The fraction of sp³-hybridized carbons (Fsp3) is 0.350. The van der Waals surface area contributed by atoms with Gasteiger partial charge >= 0.3 is 0 Å². The van der Waals surface area contributed by atoms with Crippen molar-refractivity contribution in [3.63, 3.8) is 0 Å². The summed E-state index contributed by atoms with van der Waals surface area (Å²) in [5, 5.41) is 19.1. The molecule has 0 saturated heterocycles. The van der Waals surface area contributed by atoms with Gasteiger partial charge in [-0.1, -0.05) is 18.2 Å². The lowest BCUT2D eigenvalue weighted by atomic mass is 9.84. The number of nitrogens with zero attached hydrogens (tertiary/aromatic N) is 1. The van der Waals surface area contributed by atoms with E-state index < -0.39 is 21.4 Å². The van der Waals surface area contributed by atoms with Gasteiger partial charge in [0.15, 0.2) is 0 Å². The molecule has 1 saturated carbocycles. The van der Waals surface area contributed by atoms with Gasteiger partial charge in [-0.05, 0) is 68.0 Å². The molecule has 0 radical (unpaired) electrons. The maximum atomic E-state index is 13.3. The molecule has 0 atom stereocenters. The highest BCUT2D eigenvalue weighted by Gasteiger charge is 2.31. The average molecular weight is 388 g/mol. The second-order valence-electron chi connectivity index (χ2n) is 7.22. The molecule has 0 amide bonds. The van der Waals surface area contributed by atoms with Gasteiger partial charge in [0.1, 0.15) is 5.82 Å². The lowest BCUT2D eigenvalue weighted by Crippen LogP contribution is -2.42. The zero-order valence-corrected chi connectivity index (χ0v) is 15.8. The van der Waals surface area contributed by atoms with Crippen LogP contribution in [-0.2, 0) is 10.0 Å². The average Bonchev–Trinajstić information content (AvgIpc) is 2.63. The summed E-state index contributed by atoms with van der Waals surface area (Å²) in [6.07, 6.45) is 2.29. The number of aliphatic hydroxyl groups is 1. The maximum Gasteiger partial charge on any atom is 0.240 e. The van der Waals surface area contributed by atoms with E-state index in [1.165, 1.54) is 24.3 Å². The van der Waals surface area contributed by atoms with E-state index in [9.17, 15) is 17.9 Å². The van der Waals surface area contributed by atoms with Gasteiger partial charge in [0.25, 0.3) is 0 Å². The first kappa shape index (κ1) is 19.5. The standard InChI is InChI=1S/C20H21FN2O3S/c1-20(24)10-8-17(9-11-20)23-27(25,26)18-5-2-14(3-6-18)19-7-4-16(21)12-15(19)13-22/h2-7,12,17,23-24H,8-11H2,1H3. The molecule has 2 aromatic rings. The fourth-order valence-corrected chi connectivity index (χ4v) is 4.62. The number of nitrogens with one attached hydrogen (secondary N) is 1. The third-order valence-corrected chi connectivity index (χ3v) is 6.50. The first-order chi connectivity index (χ1) is 12.7. The van der Waals surface area contributed by atoms with Crippen LogP contribution in [-0.4, -0.2) is 25.2 Å². The highest BCUT2D eigenvalue weighted by molar-refractivity contribution is 7.89. The van der Waals surface area contributed by atoms with Gasteiger partial charge in [-0.15, -0.1) is 0 Å². The molecule has 0 aromatic heterocycles. The molecule has 1 fully saturated rings.